The lowest BCUT2D eigenvalue weighted by Crippen LogP contribution is -2.26. The van der Waals surface area contributed by atoms with Crippen LogP contribution in [-0.2, 0) is 23.2 Å². The van der Waals surface area contributed by atoms with Crippen LogP contribution in [0.1, 0.15) is 10.4 Å². The zero-order chi connectivity index (χ0) is 15.6. The maximum Gasteiger partial charge on any atom is 0.245 e. The molecule has 8 heteroatoms. The molecule has 1 aromatic heterocycles. The first kappa shape index (κ1) is 17.1. The van der Waals surface area contributed by atoms with Gasteiger partial charge in [0.25, 0.3) is 0 Å². The second-order valence-corrected chi connectivity index (χ2v) is 9.68. The van der Waals surface area contributed by atoms with Gasteiger partial charge in [0.05, 0.1) is 10.4 Å². The average Bonchev–Trinajstić information content (AvgIpc) is 2.83. The van der Waals surface area contributed by atoms with Gasteiger partial charge in [-0.3, -0.25) is 0 Å². The van der Waals surface area contributed by atoms with Crippen LogP contribution in [0.3, 0.4) is 0 Å². The van der Waals surface area contributed by atoms with Crippen molar-refractivity contribution in [2.75, 3.05) is 7.05 Å². The van der Waals surface area contributed by atoms with Gasteiger partial charge in [0.1, 0.15) is 4.90 Å². The van der Waals surface area contributed by atoms with E-state index < -0.39 is 10.0 Å². The van der Waals surface area contributed by atoms with Gasteiger partial charge < -0.3 is 5.11 Å². The van der Waals surface area contributed by atoms with E-state index in [-0.39, 0.29) is 18.0 Å². The molecule has 0 aliphatic heterocycles. The fraction of sp³-hybridized carbons (Fsp3) is 0.231. The molecule has 0 atom stereocenters. The van der Waals surface area contributed by atoms with Crippen LogP contribution in [0.15, 0.2) is 43.5 Å². The smallest absolute Gasteiger partial charge is 0.245 e. The number of benzene rings is 1. The summed E-state index contributed by atoms with van der Waals surface area (Å²) in [4.78, 5) is 0.792. The molecule has 4 nitrogen and oxygen atoms in total. The number of thiophene rings is 1. The molecule has 1 N–H and O–H groups in total. The Balaban J connectivity index is 2.30. The number of halogens is 2. The summed E-state index contributed by atoms with van der Waals surface area (Å²) in [5.74, 6) is 0. The maximum atomic E-state index is 12.6. The van der Waals surface area contributed by atoms with E-state index in [2.05, 4.69) is 31.9 Å². The number of aliphatic hydroxyl groups is 1. The number of hydrogen-bond donors (Lipinski definition) is 1. The van der Waals surface area contributed by atoms with E-state index >= 15 is 0 Å². The van der Waals surface area contributed by atoms with Gasteiger partial charge in [-0.1, -0.05) is 34.1 Å². The van der Waals surface area contributed by atoms with Gasteiger partial charge in [0, 0.05) is 22.9 Å². The standard InChI is InChI=1S/C13H13Br2NO3S2/c1-16(7-9-4-2-3-5-11(9)14)21(18,19)12-6-10(8-17)20-13(12)15/h2-6,17H,7-8H2,1H3. The maximum absolute atomic E-state index is 12.6. The third-order valence-electron chi connectivity index (χ3n) is 2.90. The molecule has 114 valence electrons. The first-order valence-corrected chi connectivity index (χ1v) is 9.79. The predicted octanol–water partition coefficient (Wildman–Crippen LogP) is 3.59. The van der Waals surface area contributed by atoms with Gasteiger partial charge in [-0.2, -0.15) is 4.31 Å². The highest BCUT2D eigenvalue weighted by Gasteiger charge is 2.26. The van der Waals surface area contributed by atoms with Gasteiger partial charge in [-0.15, -0.1) is 11.3 Å². The summed E-state index contributed by atoms with van der Waals surface area (Å²) < 4.78 is 27.9. The topological polar surface area (TPSA) is 57.6 Å². The number of rotatable bonds is 5. The zero-order valence-electron chi connectivity index (χ0n) is 11.1. The van der Waals surface area contributed by atoms with Crippen LogP contribution >= 0.6 is 43.2 Å². The van der Waals surface area contributed by atoms with Crippen LogP contribution in [0.25, 0.3) is 0 Å². The molecule has 0 unspecified atom stereocenters. The average molecular weight is 455 g/mol. The summed E-state index contributed by atoms with van der Waals surface area (Å²) in [6.45, 7) is 0.0905. The van der Waals surface area contributed by atoms with Crippen LogP contribution in [0, 0.1) is 0 Å². The van der Waals surface area contributed by atoms with E-state index in [0.29, 0.717) is 8.66 Å². The molecular formula is C13H13Br2NO3S2. The molecule has 0 fully saturated rings. The van der Waals surface area contributed by atoms with E-state index in [1.807, 2.05) is 24.3 Å². The largest absolute Gasteiger partial charge is 0.391 e. The molecule has 21 heavy (non-hydrogen) atoms. The molecular weight excluding hydrogens is 442 g/mol. The van der Waals surface area contributed by atoms with E-state index in [1.165, 1.54) is 28.8 Å². The van der Waals surface area contributed by atoms with Gasteiger partial charge in [0.15, 0.2) is 0 Å². The van der Waals surface area contributed by atoms with Gasteiger partial charge in [0.2, 0.25) is 10.0 Å². The highest BCUT2D eigenvalue weighted by Crippen LogP contribution is 2.34. The summed E-state index contributed by atoms with van der Waals surface area (Å²) in [5, 5.41) is 9.13. The van der Waals surface area contributed by atoms with Crippen molar-refractivity contribution in [2.24, 2.45) is 0 Å². The molecule has 0 bridgehead atoms. The molecule has 0 spiro atoms. The summed E-state index contributed by atoms with van der Waals surface area (Å²) in [7, 11) is -2.07. The van der Waals surface area contributed by atoms with Crippen molar-refractivity contribution in [3.8, 4) is 0 Å². The van der Waals surface area contributed by atoms with Gasteiger partial charge in [-0.25, -0.2) is 8.42 Å². The normalized spacial score (nSPS) is 12.0. The third kappa shape index (κ3) is 3.75. The third-order valence-corrected chi connectivity index (χ3v) is 7.72. The SMILES string of the molecule is CN(Cc1ccccc1Br)S(=O)(=O)c1cc(CO)sc1Br. The molecule has 0 aliphatic rings. The highest BCUT2D eigenvalue weighted by molar-refractivity contribution is 9.11. The molecule has 0 radical (unpaired) electrons. The van der Waals surface area contributed by atoms with Crippen molar-refractivity contribution in [3.05, 3.63) is 49.0 Å². The Hall–Kier alpha value is -0.250. The highest BCUT2D eigenvalue weighted by atomic mass is 79.9. The van der Waals surface area contributed by atoms with E-state index in [0.717, 1.165) is 10.0 Å². The molecule has 0 saturated carbocycles. The predicted molar refractivity (Wildman–Crippen MR) is 90.7 cm³/mol. The molecule has 2 rings (SSSR count). The Bertz CT molecular complexity index is 744. The second kappa shape index (κ2) is 6.89. The van der Waals surface area contributed by atoms with Crippen LogP contribution in [0.4, 0.5) is 0 Å². The summed E-state index contributed by atoms with van der Waals surface area (Å²) in [5.41, 5.74) is 0.886. The molecule has 2 aromatic rings. The minimum absolute atomic E-state index is 0.174. The van der Waals surface area contributed by atoms with Crippen molar-refractivity contribution in [3.63, 3.8) is 0 Å². The Labute approximate surface area is 144 Å². The molecule has 0 aliphatic carbocycles. The van der Waals surface area contributed by atoms with E-state index in [1.54, 1.807) is 0 Å². The molecule has 0 saturated heterocycles. The lowest BCUT2D eigenvalue weighted by atomic mass is 10.2. The summed E-state index contributed by atoms with van der Waals surface area (Å²) in [6, 6.07) is 8.99. The summed E-state index contributed by atoms with van der Waals surface area (Å²) >= 11 is 7.89. The Morgan fingerprint density at radius 3 is 2.52 bits per heavy atom. The number of aliphatic hydroxyl groups excluding tert-OH is 1. The Kier molecular flexibility index (Phi) is 5.61. The first-order chi connectivity index (χ1) is 9.86. The molecule has 0 amide bonds. The monoisotopic (exact) mass is 453 g/mol. The second-order valence-electron chi connectivity index (χ2n) is 4.36. The van der Waals surface area contributed by atoms with Gasteiger partial charge in [-0.05, 0) is 33.6 Å². The van der Waals surface area contributed by atoms with Crippen LogP contribution in [0.2, 0.25) is 0 Å². The fourth-order valence-corrected chi connectivity index (χ4v) is 5.82. The fourth-order valence-electron chi connectivity index (χ4n) is 1.77. The summed E-state index contributed by atoms with van der Waals surface area (Å²) in [6.07, 6.45) is 0. The quantitative estimate of drug-likeness (QED) is 0.750. The van der Waals surface area contributed by atoms with Gasteiger partial charge >= 0.3 is 0 Å². The lowest BCUT2D eigenvalue weighted by Gasteiger charge is -2.17. The number of sulfonamides is 1. The van der Waals surface area contributed by atoms with Crippen LogP contribution in [0.5, 0.6) is 0 Å². The van der Waals surface area contributed by atoms with Crippen molar-refractivity contribution < 1.29 is 13.5 Å². The van der Waals surface area contributed by atoms with Crippen molar-refractivity contribution in [1.82, 2.24) is 4.31 Å². The number of nitrogens with zero attached hydrogens (tertiary/aromatic N) is 1. The van der Waals surface area contributed by atoms with Crippen LogP contribution in [-0.4, -0.2) is 24.9 Å². The first-order valence-electron chi connectivity index (χ1n) is 5.95. The van der Waals surface area contributed by atoms with E-state index in [9.17, 15) is 8.42 Å². The minimum Gasteiger partial charge on any atom is -0.391 e. The molecule has 1 aromatic carbocycles. The Morgan fingerprint density at radius 1 is 1.29 bits per heavy atom. The number of hydrogen-bond acceptors (Lipinski definition) is 4. The van der Waals surface area contributed by atoms with Crippen molar-refractivity contribution in [1.29, 1.82) is 0 Å². The lowest BCUT2D eigenvalue weighted by molar-refractivity contribution is 0.285. The zero-order valence-corrected chi connectivity index (χ0v) is 15.9. The molecule has 1 heterocycles. The van der Waals surface area contributed by atoms with Crippen LogP contribution < -0.4 is 0 Å². The minimum atomic E-state index is -3.61. The van der Waals surface area contributed by atoms with Crippen molar-refractivity contribution in [2.45, 2.75) is 18.0 Å². The van der Waals surface area contributed by atoms with Crippen molar-refractivity contribution >= 4 is 53.2 Å². The Morgan fingerprint density at radius 2 is 1.95 bits per heavy atom. The van der Waals surface area contributed by atoms with E-state index in [4.69, 9.17) is 5.11 Å².